The first-order valence-electron chi connectivity index (χ1n) is 6.74. The number of carbonyl (C=O) groups is 1. The van der Waals surface area contributed by atoms with Crippen LogP contribution in [0.15, 0.2) is 91.0 Å². The van der Waals surface area contributed by atoms with E-state index >= 15 is 0 Å². The highest BCUT2D eigenvalue weighted by atomic mass is 31.1. The highest BCUT2D eigenvalue weighted by Crippen LogP contribution is 2.08. The van der Waals surface area contributed by atoms with Gasteiger partial charge in [0.15, 0.2) is 0 Å². The Hall–Kier alpha value is -2.44. The van der Waals surface area contributed by atoms with Crippen LogP contribution in [-0.4, -0.2) is 11.9 Å². The molecule has 0 bridgehead atoms. The van der Waals surface area contributed by atoms with Crippen molar-refractivity contribution in [2.45, 2.75) is 0 Å². The summed E-state index contributed by atoms with van der Waals surface area (Å²) in [6.45, 7) is 2.00. The van der Waals surface area contributed by atoms with Crippen LogP contribution < -0.4 is 10.6 Å². The fourth-order valence-corrected chi connectivity index (χ4v) is 2.69. The van der Waals surface area contributed by atoms with Crippen molar-refractivity contribution < 1.29 is 9.90 Å². The first-order valence-corrected chi connectivity index (χ1v) is 7.74. The molecule has 0 fully saturated rings. The summed E-state index contributed by atoms with van der Waals surface area (Å²) in [6, 6.07) is 29.9. The lowest BCUT2D eigenvalue weighted by Crippen LogP contribution is -2.01. The monoisotopic (exact) mass is 310 g/mol. The molecule has 0 saturated carbocycles. The SMILES string of the molecule is C=O.Oc1ccccc1.c1ccc(Pc2ccccc2)cc1. The van der Waals surface area contributed by atoms with Gasteiger partial charge in [-0.2, -0.15) is 0 Å². The second-order valence-corrected chi connectivity index (χ2v) is 5.60. The molecule has 0 aromatic heterocycles. The Labute approximate surface area is 133 Å². The number of para-hydroxylation sites is 1. The van der Waals surface area contributed by atoms with Crippen LogP contribution in [0.25, 0.3) is 0 Å². The lowest BCUT2D eigenvalue weighted by atomic mass is 10.3. The smallest absolute Gasteiger partial charge is 0.115 e. The molecule has 22 heavy (non-hydrogen) atoms. The molecule has 1 N–H and O–H groups in total. The summed E-state index contributed by atoms with van der Waals surface area (Å²) in [5, 5.41) is 11.4. The second-order valence-electron chi connectivity index (χ2n) is 4.19. The minimum absolute atomic E-state index is 0.322. The molecule has 0 heterocycles. The molecule has 0 aliphatic rings. The van der Waals surface area contributed by atoms with Gasteiger partial charge < -0.3 is 9.90 Å². The minimum Gasteiger partial charge on any atom is -0.508 e. The Morgan fingerprint density at radius 2 is 0.909 bits per heavy atom. The molecule has 0 aliphatic carbocycles. The number of rotatable bonds is 2. The molecule has 112 valence electrons. The second kappa shape index (κ2) is 11.2. The standard InChI is InChI=1S/C12H11P.C6H6O.CH2O/c1-3-7-11(8-4-1)13-12-9-5-2-6-10-12;7-6-4-2-1-3-5-6;1-2/h1-10,13H;1-5,7H;1H2. The summed E-state index contributed by atoms with van der Waals surface area (Å²) in [6.07, 6.45) is 0. The fourth-order valence-electron chi connectivity index (χ4n) is 1.64. The van der Waals surface area contributed by atoms with Crippen LogP contribution in [0, 0.1) is 0 Å². The summed E-state index contributed by atoms with van der Waals surface area (Å²) in [7, 11) is 0.777. The van der Waals surface area contributed by atoms with Gasteiger partial charge >= 0.3 is 0 Å². The number of phenols is 1. The van der Waals surface area contributed by atoms with Gasteiger partial charge in [-0.1, -0.05) is 87.4 Å². The first kappa shape index (κ1) is 17.6. The summed E-state index contributed by atoms with van der Waals surface area (Å²) >= 11 is 0. The Morgan fingerprint density at radius 3 is 1.18 bits per heavy atom. The van der Waals surface area contributed by atoms with Crippen LogP contribution in [-0.2, 0) is 4.79 Å². The number of carbonyl (C=O) groups excluding carboxylic acids is 1. The molecule has 0 saturated heterocycles. The van der Waals surface area contributed by atoms with E-state index in [2.05, 4.69) is 60.7 Å². The zero-order valence-electron chi connectivity index (χ0n) is 12.2. The van der Waals surface area contributed by atoms with Gasteiger partial charge in [-0.3, -0.25) is 0 Å². The van der Waals surface area contributed by atoms with Gasteiger partial charge in [0.05, 0.1) is 0 Å². The van der Waals surface area contributed by atoms with E-state index in [-0.39, 0.29) is 0 Å². The summed E-state index contributed by atoms with van der Waals surface area (Å²) in [5.41, 5.74) is 0. The third-order valence-electron chi connectivity index (χ3n) is 2.59. The molecular weight excluding hydrogens is 291 g/mol. The minimum atomic E-state index is 0.322. The van der Waals surface area contributed by atoms with E-state index in [1.54, 1.807) is 24.3 Å². The van der Waals surface area contributed by atoms with E-state index in [1.807, 2.05) is 12.9 Å². The topological polar surface area (TPSA) is 37.3 Å². The lowest BCUT2D eigenvalue weighted by molar-refractivity contribution is -0.0979. The molecule has 0 amide bonds. The molecule has 0 unspecified atom stereocenters. The Morgan fingerprint density at radius 1 is 0.591 bits per heavy atom. The molecule has 0 atom stereocenters. The first-order chi connectivity index (χ1) is 10.8. The van der Waals surface area contributed by atoms with Gasteiger partial charge in [0.1, 0.15) is 12.5 Å². The van der Waals surface area contributed by atoms with Crippen LogP contribution in [0.1, 0.15) is 0 Å². The molecule has 3 rings (SSSR count). The van der Waals surface area contributed by atoms with Gasteiger partial charge in [-0.15, -0.1) is 0 Å². The Kier molecular flexibility index (Phi) is 9.00. The molecule has 2 nitrogen and oxygen atoms in total. The number of benzene rings is 3. The van der Waals surface area contributed by atoms with E-state index in [1.165, 1.54) is 10.6 Å². The van der Waals surface area contributed by atoms with Crippen molar-refractivity contribution in [3.63, 3.8) is 0 Å². The average molecular weight is 310 g/mol. The quantitative estimate of drug-likeness (QED) is 0.735. The van der Waals surface area contributed by atoms with Gasteiger partial charge in [-0.25, -0.2) is 0 Å². The molecule has 0 aliphatic heterocycles. The zero-order valence-corrected chi connectivity index (χ0v) is 13.2. The summed E-state index contributed by atoms with van der Waals surface area (Å²) in [4.78, 5) is 8.00. The van der Waals surface area contributed by atoms with Crippen molar-refractivity contribution in [3.05, 3.63) is 91.0 Å². The van der Waals surface area contributed by atoms with E-state index in [0.717, 1.165) is 8.58 Å². The number of phenolic OH excluding ortho intramolecular Hbond substituents is 1. The van der Waals surface area contributed by atoms with Crippen LogP contribution in [0.4, 0.5) is 0 Å². The van der Waals surface area contributed by atoms with Crippen LogP contribution in [0.3, 0.4) is 0 Å². The molecule has 3 aromatic carbocycles. The third kappa shape index (κ3) is 7.37. The van der Waals surface area contributed by atoms with Crippen molar-refractivity contribution in [1.82, 2.24) is 0 Å². The highest BCUT2D eigenvalue weighted by molar-refractivity contribution is 7.55. The fraction of sp³-hybridized carbons (Fsp3) is 0. The van der Waals surface area contributed by atoms with Crippen molar-refractivity contribution >= 4 is 26.0 Å². The molecular formula is C19H19O2P. The number of hydrogen-bond donors (Lipinski definition) is 1. The van der Waals surface area contributed by atoms with E-state index < -0.39 is 0 Å². The summed E-state index contributed by atoms with van der Waals surface area (Å²) in [5.74, 6) is 0.322. The Bertz CT molecular complexity index is 575. The highest BCUT2D eigenvalue weighted by Gasteiger charge is 1.92. The Balaban J connectivity index is 0.000000228. The molecule has 3 heteroatoms. The van der Waals surface area contributed by atoms with Crippen LogP contribution >= 0.6 is 8.58 Å². The number of aromatic hydroxyl groups is 1. The lowest BCUT2D eigenvalue weighted by Gasteiger charge is -2.00. The maximum atomic E-state index is 8.63. The van der Waals surface area contributed by atoms with Gasteiger partial charge in [0, 0.05) is 0 Å². The zero-order chi connectivity index (χ0) is 16.0. The predicted octanol–water partition coefficient (Wildman–Crippen LogP) is 3.52. The number of hydrogen-bond acceptors (Lipinski definition) is 2. The van der Waals surface area contributed by atoms with E-state index in [9.17, 15) is 0 Å². The van der Waals surface area contributed by atoms with Crippen LogP contribution in [0.5, 0.6) is 5.75 Å². The van der Waals surface area contributed by atoms with Crippen molar-refractivity contribution in [1.29, 1.82) is 0 Å². The largest absolute Gasteiger partial charge is 0.508 e. The van der Waals surface area contributed by atoms with Gasteiger partial charge in [0.2, 0.25) is 0 Å². The molecule has 0 spiro atoms. The third-order valence-corrected chi connectivity index (χ3v) is 3.84. The maximum absolute atomic E-state index is 8.63. The predicted molar refractivity (Wildman–Crippen MR) is 95.7 cm³/mol. The molecule has 0 radical (unpaired) electrons. The van der Waals surface area contributed by atoms with Gasteiger partial charge in [-0.05, 0) is 22.7 Å². The van der Waals surface area contributed by atoms with Crippen LogP contribution in [0.2, 0.25) is 0 Å². The van der Waals surface area contributed by atoms with Gasteiger partial charge in [0.25, 0.3) is 0 Å². The van der Waals surface area contributed by atoms with E-state index in [4.69, 9.17) is 9.90 Å². The van der Waals surface area contributed by atoms with E-state index in [0.29, 0.717) is 5.75 Å². The molecule has 3 aromatic rings. The van der Waals surface area contributed by atoms with Crippen molar-refractivity contribution in [3.8, 4) is 5.75 Å². The van der Waals surface area contributed by atoms with Crippen molar-refractivity contribution in [2.75, 3.05) is 0 Å². The van der Waals surface area contributed by atoms with Crippen molar-refractivity contribution in [2.24, 2.45) is 0 Å². The summed E-state index contributed by atoms with van der Waals surface area (Å²) < 4.78 is 0. The maximum Gasteiger partial charge on any atom is 0.115 e. The normalized spacial score (nSPS) is 8.73. The average Bonchev–Trinajstić information content (AvgIpc) is 2.60.